The van der Waals surface area contributed by atoms with Crippen LogP contribution < -0.4 is 0 Å². The third-order valence-electron chi connectivity index (χ3n) is 4.11. The second-order valence-electron chi connectivity index (χ2n) is 5.67. The van der Waals surface area contributed by atoms with Crippen molar-refractivity contribution < 1.29 is 33.7 Å². The van der Waals surface area contributed by atoms with Crippen LogP contribution in [0.5, 0.6) is 0 Å². The van der Waals surface area contributed by atoms with Crippen molar-refractivity contribution in [2.45, 2.75) is 36.7 Å². The summed E-state index contributed by atoms with van der Waals surface area (Å²) in [5.74, 6) is -1.41. The number of hydrogen-bond donors (Lipinski definition) is 2. The molecule has 3 rings (SSSR count). The van der Waals surface area contributed by atoms with Gasteiger partial charge in [-0.3, -0.25) is 0 Å². The Labute approximate surface area is 142 Å². The van der Waals surface area contributed by atoms with Crippen LogP contribution in [-0.2, 0) is 19.0 Å². The van der Waals surface area contributed by atoms with E-state index in [1.54, 1.807) is 24.3 Å². The highest BCUT2D eigenvalue weighted by atomic mass is 19.2. The van der Waals surface area contributed by atoms with Gasteiger partial charge in [-0.25, -0.2) is 4.79 Å². The third kappa shape index (κ3) is 3.47. The Morgan fingerprint density at radius 2 is 2.04 bits per heavy atom. The Morgan fingerprint density at radius 1 is 1.32 bits per heavy atom. The number of nitrogens with zero attached hydrogens (tertiary/aromatic N) is 3. The number of benzene rings is 1. The number of aliphatic carboxylic acids is 1. The smallest absolute Gasteiger partial charge is 0.335 e. The van der Waals surface area contributed by atoms with Gasteiger partial charge in [-0.05, 0) is 5.22 Å². The van der Waals surface area contributed by atoms with Crippen LogP contribution in [0.4, 0.5) is 4.48 Å². The summed E-state index contributed by atoms with van der Waals surface area (Å²) in [6.07, 6.45) is -6.00. The fourth-order valence-corrected chi connectivity index (χ4v) is 2.99. The predicted molar refractivity (Wildman–Crippen MR) is 79.8 cm³/mol. The number of hydrogen-bond acceptors (Lipinski definition) is 7. The molecule has 0 spiro atoms. The van der Waals surface area contributed by atoms with Crippen LogP contribution in [-0.4, -0.2) is 65.5 Å². The molecule has 2 aliphatic rings. The molecule has 136 valence electrons. The van der Waals surface area contributed by atoms with Gasteiger partial charge in [0, 0.05) is 5.56 Å². The van der Waals surface area contributed by atoms with Gasteiger partial charge in [0.15, 0.2) is 12.4 Å². The molecule has 25 heavy (non-hydrogen) atoms. The monoisotopic (exact) mass is 355 g/mol. The average Bonchev–Trinajstić information content (AvgIpc) is 2.61. The molecule has 0 aliphatic carbocycles. The summed E-state index contributed by atoms with van der Waals surface area (Å²) in [6, 6.07) is 7.57. The Balaban J connectivity index is 1.87. The van der Waals surface area contributed by atoms with Crippen molar-refractivity contribution in [3.05, 3.63) is 35.9 Å². The molecular weight excluding hydrogens is 337 g/mol. The van der Waals surface area contributed by atoms with Crippen molar-refractivity contribution in [3.63, 3.8) is 0 Å². The minimum absolute atomic E-state index is 0.0195. The number of aliphatic hydroxyl groups is 1. The lowest BCUT2D eigenvalue weighted by molar-refractivity contribution is -0.328. The highest BCUT2D eigenvalue weighted by molar-refractivity contribution is 5.73. The van der Waals surface area contributed by atoms with Crippen LogP contribution in [0, 0.1) is 0 Å². The van der Waals surface area contributed by atoms with Crippen LogP contribution in [0.1, 0.15) is 11.9 Å². The quantitative estimate of drug-likeness (QED) is 0.468. The molecule has 9 nitrogen and oxygen atoms in total. The van der Waals surface area contributed by atoms with Gasteiger partial charge in [0.05, 0.1) is 13.7 Å². The topological polar surface area (TPSA) is 113 Å². The fraction of sp³-hybridized carbons (Fsp3) is 0.533. The average molecular weight is 355 g/mol. The van der Waals surface area contributed by atoms with Gasteiger partial charge >= 0.3 is 5.97 Å². The molecule has 0 radical (unpaired) electrons. The molecule has 2 fully saturated rings. The molecule has 0 aromatic heterocycles. The van der Waals surface area contributed by atoms with E-state index in [0.717, 1.165) is 0 Å². The van der Waals surface area contributed by atoms with Crippen molar-refractivity contribution in [2.24, 2.45) is 10.3 Å². The standard InChI is InChI=1S/C15H18FN3O6/c1-17-18-19(16)10-11(20)13(14(21)22)24-9-7-23-15(25-12(9)10)8-5-3-2-4-6-8/h2-6,9-13,15,20H,7H2,1H3,(H,21,22)/t9-,10-,11-,12+,13-,15+/m1/s1. The fourth-order valence-electron chi connectivity index (χ4n) is 2.99. The van der Waals surface area contributed by atoms with Crippen molar-refractivity contribution >= 4 is 5.97 Å². The maximum atomic E-state index is 14.3. The van der Waals surface area contributed by atoms with Gasteiger partial charge in [0.25, 0.3) is 0 Å². The minimum atomic E-state index is -1.70. The van der Waals surface area contributed by atoms with E-state index in [2.05, 4.69) is 10.3 Å². The summed E-state index contributed by atoms with van der Waals surface area (Å²) >= 11 is 0. The van der Waals surface area contributed by atoms with Gasteiger partial charge in [0.2, 0.25) is 0 Å². The zero-order valence-electron chi connectivity index (χ0n) is 13.3. The highest BCUT2D eigenvalue weighted by Crippen LogP contribution is 2.36. The maximum absolute atomic E-state index is 14.3. The number of carboxylic acids is 1. The van der Waals surface area contributed by atoms with Crippen LogP contribution in [0.3, 0.4) is 0 Å². The predicted octanol–water partition coefficient (Wildman–Crippen LogP) is 0.866. The summed E-state index contributed by atoms with van der Waals surface area (Å²) in [6.45, 7) is -0.0195. The van der Waals surface area contributed by atoms with Crippen LogP contribution in [0.2, 0.25) is 0 Å². The summed E-state index contributed by atoms with van der Waals surface area (Å²) in [4.78, 5) is 11.3. The third-order valence-corrected chi connectivity index (χ3v) is 4.11. The molecule has 0 bridgehead atoms. The zero-order valence-corrected chi connectivity index (χ0v) is 13.3. The molecule has 1 aromatic rings. The minimum Gasteiger partial charge on any atom is -0.479 e. The van der Waals surface area contributed by atoms with Crippen LogP contribution in [0.15, 0.2) is 40.7 Å². The van der Waals surface area contributed by atoms with Gasteiger partial charge in [-0.2, -0.15) is 5.11 Å². The lowest BCUT2D eigenvalue weighted by Gasteiger charge is -2.47. The van der Waals surface area contributed by atoms with E-state index in [0.29, 0.717) is 5.56 Å². The normalized spacial score (nSPS) is 35.3. The molecule has 0 saturated carbocycles. The van der Waals surface area contributed by atoms with E-state index in [1.807, 2.05) is 6.07 Å². The first kappa shape index (κ1) is 17.7. The van der Waals surface area contributed by atoms with E-state index in [-0.39, 0.29) is 11.8 Å². The lowest BCUT2D eigenvalue weighted by Crippen LogP contribution is -2.66. The Morgan fingerprint density at radius 3 is 2.68 bits per heavy atom. The SMILES string of the molecule is CN=NN(F)[C@@H]1[C@@H](O)[C@H](C(=O)O)O[C@@H]2CO[C@H](c3ccccc3)O[C@H]12. The second-order valence-corrected chi connectivity index (χ2v) is 5.67. The lowest BCUT2D eigenvalue weighted by atomic mass is 9.92. The number of carbonyl (C=O) groups is 1. The molecule has 0 unspecified atom stereocenters. The van der Waals surface area contributed by atoms with Crippen molar-refractivity contribution in [2.75, 3.05) is 13.7 Å². The number of aliphatic hydroxyl groups excluding tert-OH is 1. The van der Waals surface area contributed by atoms with Gasteiger partial charge in [0.1, 0.15) is 24.4 Å². The molecule has 1 aromatic carbocycles. The van der Waals surface area contributed by atoms with E-state index in [1.165, 1.54) is 7.05 Å². The van der Waals surface area contributed by atoms with Gasteiger partial charge < -0.3 is 24.4 Å². The Kier molecular flexibility index (Phi) is 5.23. The van der Waals surface area contributed by atoms with E-state index < -0.39 is 42.7 Å². The molecule has 6 atom stereocenters. The summed E-state index contributed by atoms with van der Waals surface area (Å²) in [7, 11) is 1.25. The van der Waals surface area contributed by atoms with E-state index in [4.69, 9.17) is 14.2 Å². The molecule has 2 heterocycles. The largest absolute Gasteiger partial charge is 0.479 e. The molecule has 2 N–H and O–H groups in total. The summed E-state index contributed by atoms with van der Waals surface area (Å²) < 4.78 is 31.0. The van der Waals surface area contributed by atoms with Crippen LogP contribution in [0.25, 0.3) is 0 Å². The van der Waals surface area contributed by atoms with Gasteiger partial charge in [-0.1, -0.05) is 34.8 Å². The van der Waals surface area contributed by atoms with E-state index in [9.17, 15) is 19.5 Å². The number of rotatable bonds is 4. The first-order valence-corrected chi connectivity index (χ1v) is 7.66. The molecule has 10 heteroatoms. The molecular formula is C15H18FN3O6. The first-order chi connectivity index (χ1) is 12.0. The molecule has 0 amide bonds. The number of ether oxygens (including phenoxy) is 3. The number of carboxylic acid groups (broad SMARTS) is 1. The zero-order chi connectivity index (χ0) is 18.0. The van der Waals surface area contributed by atoms with Crippen molar-refractivity contribution in [1.29, 1.82) is 0 Å². The summed E-state index contributed by atoms with van der Waals surface area (Å²) in [5.41, 5.74) is 0.706. The second kappa shape index (κ2) is 7.40. The molecule has 2 saturated heterocycles. The number of fused-ring (bicyclic) bond motifs is 1. The van der Waals surface area contributed by atoms with Crippen LogP contribution >= 0.6 is 0 Å². The Bertz CT molecular complexity index is 633. The molecule has 2 aliphatic heterocycles. The van der Waals surface area contributed by atoms with Gasteiger partial charge in [-0.15, -0.1) is 5.23 Å². The maximum Gasteiger partial charge on any atom is 0.335 e. The summed E-state index contributed by atoms with van der Waals surface area (Å²) in [5, 5.41) is 26.0. The van der Waals surface area contributed by atoms with E-state index >= 15 is 0 Å². The number of halogens is 1. The Hall–Kier alpha value is -2.14. The highest BCUT2D eigenvalue weighted by Gasteiger charge is 2.54. The first-order valence-electron chi connectivity index (χ1n) is 7.66. The van der Waals surface area contributed by atoms with Crippen molar-refractivity contribution in [3.8, 4) is 0 Å². The van der Waals surface area contributed by atoms with Crippen molar-refractivity contribution in [1.82, 2.24) is 5.23 Å².